The molecule has 1 aromatic rings. The largest absolute Gasteiger partial charge is 0.465 e. The van der Waals surface area contributed by atoms with E-state index < -0.39 is 0 Å². The quantitative estimate of drug-likeness (QED) is 0.487. The molecule has 0 unspecified atom stereocenters. The van der Waals surface area contributed by atoms with Gasteiger partial charge >= 0.3 is 5.97 Å². The molecule has 0 amide bonds. The van der Waals surface area contributed by atoms with Gasteiger partial charge in [-0.25, -0.2) is 4.79 Å². The highest BCUT2D eigenvalue weighted by molar-refractivity contribution is 7.14. The van der Waals surface area contributed by atoms with Crippen molar-refractivity contribution in [3.8, 4) is 11.8 Å². The van der Waals surface area contributed by atoms with Crippen molar-refractivity contribution in [3.05, 3.63) is 21.9 Å². The monoisotopic (exact) mass is 180 g/mol. The van der Waals surface area contributed by atoms with Gasteiger partial charge < -0.3 is 4.74 Å². The maximum atomic E-state index is 11.0. The SMILES string of the molecule is CC#Cc1ccc(C(=O)OC)s1. The fourth-order valence-corrected chi connectivity index (χ4v) is 1.57. The fourth-order valence-electron chi connectivity index (χ4n) is 0.739. The van der Waals surface area contributed by atoms with Crippen LogP contribution < -0.4 is 0 Å². The maximum absolute atomic E-state index is 11.0. The van der Waals surface area contributed by atoms with Crippen LogP contribution in [0.25, 0.3) is 0 Å². The minimum Gasteiger partial charge on any atom is -0.465 e. The van der Waals surface area contributed by atoms with E-state index in [0.717, 1.165) is 4.88 Å². The number of hydrogen-bond donors (Lipinski definition) is 0. The van der Waals surface area contributed by atoms with Crippen molar-refractivity contribution < 1.29 is 9.53 Å². The van der Waals surface area contributed by atoms with E-state index in [-0.39, 0.29) is 5.97 Å². The van der Waals surface area contributed by atoms with Gasteiger partial charge in [-0.3, -0.25) is 0 Å². The summed E-state index contributed by atoms with van der Waals surface area (Å²) in [6, 6.07) is 3.53. The third kappa shape index (κ3) is 1.86. The highest BCUT2D eigenvalue weighted by Gasteiger charge is 2.06. The average Bonchev–Trinajstić information content (AvgIpc) is 2.52. The Kier molecular flexibility index (Phi) is 2.89. The van der Waals surface area contributed by atoms with Gasteiger partial charge in [0.25, 0.3) is 0 Å². The van der Waals surface area contributed by atoms with Gasteiger partial charge in [-0.05, 0) is 19.1 Å². The summed E-state index contributed by atoms with van der Waals surface area (Å²) in [7, 11) is 1.37. The van der Waals surface area contributed by atoms with E-state index in [1.807, 2.05) is 6.07 Å². The van der Waals surface area contributed by atoms with Gasteiger partial charge in [0.2, 0.25) is 0 Å². The molecule has 0 aromatic carbocycles. The first-order chi connectivity index (χ1) is 5.77. The topological polar surface area (TPSA) is 26.3 Å². The van der Waals surface area contributed by atoms with Crippen LogP contribution in [0.5, 0.6) is 0 Å². The zero-order valence-corrected chi connectivity index (χ0v) is 7.70. The van der Waals surface area contributed by atoms with Gasteiger partial charge in [-0.15, -0.1) is 17.3 Å². The average molecular weight is 180 g/mol. The molecule has 12 heavy (non-hydrogen) atoms. The molecule has 0 saturated carbocycles. The molecule has 0 aliphatic heterocycles. The summed E-state index contributed by atoms with van der Waals surface area (Å²) in [4.78, 5) is 12.5. The molecule has 2 nitrogen and oxygen atoms in total. The van der Waals surface area contributed by atoms with Gasteiger partial charge in [0.05, 0.1) is 12.0 Å². The lowest BCUT2D eigenvalue weighted by Gasteiger charge is -1.90. The van der Waals surface area contributed by atoms with Crippen molar-refractivity contribution in [2.45, 2.75) is 6.92 Å². The number of ether oxygens (including phenoxy) is 1. The zero-order chi connectivity index (χ0) is 8.97. The Labute approximate surface area is 75.2 Å². The molecule has 1 heterocycles. The Balaban J connectivity index is 2.89. The third-order valence-corrected chi connectivity index (χ3v) is 2.22. The second-order valence-electron chi connectivity index (χ2n) is 2.03. The van der Waals surface area contributed by atoms with Gasteiger partial charge in [-0.1, -0.05) is 5.92 Å². The van der Waals surface area contributed by atoms with Crippen LogP contribution in [0.3, 0.4) is 0 Å². The molecule has 0 spiro atoms. The van der Waals surface area contributed by atoms with Crippen LogP contribution in [0.2, 0.25) is 0 Å². The highest BCUT2D eigenvalue weighted by atomic mass is 32.1. The van der Waals surface area contributed by atoms with Gasteiger partial charge in [-0.2, -0.15) is 0 Å². The van der Waals surface area contributed by atoms with E-state index in [0.29, 0.717) is 4.88 Å². The Morgan fingerprint density at radius 1 is 1.58 bits per heavy atom. The van der Waals surface area contributed by atoms with E-state index in [1.165, 1.54) is 18.4 Å². The number of hydrogen-bond acceptors (Lipinski definition) is 3. The molecule has 1 aromatic heterocycles. The van der Waals surface area contributed by atoms with Crippen molar-refractivity contribution in [2.24, 2.45) is 0 Å². The summed E-state index contributed by atoms with van der Waals surface area (Å²) in [5.74, 6) is 5.33. The summed E-state index contributed by atoms with van der Waals surface area (Å²) >= 11 is 1.34. The first kappa shape index (κ1) is 8.82. The van der Waals surface area contributed by atoms with E-state index in [9.17, 15) is 4.79 Å². The molecule has 3 heteroatoms. The molecule has 0 N–H and O–H groups in total. The molecule has 0 bridgehead atoms. The molecule has 1 rings (SSSR count). The van der Waals surface area contributed by atoms with Crippen LogP contribution in [0.15, 0.2) is 12.1 Å². The van der Waals surface area contributed by atoms with Crippen molar-refractivity contribution in [1.82, 2.24) is 0 Å². The number of carbonyl (C=O) groups excluding carboxylic acids is 1. The molecule has 62 valence electrons. The molecule has 0 saturated heterocycles. The predicted molar refractivity (Wildman–Crippen MR) is 48.2 cm³/mol. The molecular weight excluding hydrogens is 172 g/mol. The maximum Gasteiger partial charge on any atom is 0.348 e. The third-order valence-electron chi connectivity index (χ3n) is 1.24. The predicted octanol–water partition coefficient (Wildman–Crippen LogP) is 1.91. The van der Waals surface area contributed by atoms with Gasteiger partial charge in [0.15, 0.2) is 0 Å². The van der Waals surface area contributed by atoms with E-state index in [1.54, 1.807) is 13.0 Å². The van der Waals surface area contributed by atoms with Crippen LogP contribution in [0.1, 0.15) is 21.5 Å². The van der Waals surface area contributed by atoms with Gasteiger partial charge in [0.1, 0.15) is 4.88 Å². The summed E-state index contributed by atoms with van der Waals surface area (Å²) in [6.07, 6.45) is 0. The lowest BCUT2D eigenvalue weighted by molar-refractivity contribution is 0.0606. The van der Waals surface area contributed by atoms with E-state index in [4.69, 9.17) is 0 Å². The number of esters is 1. The smallest absolute Gasteiger partial charge is 0.348 e. The lowest BCUT2D eigenvalue weighted by Crippen LogP contribution is -1.96. The highest BCUT2D eigenvalue weighted by Crippen LogP contribution is 2.15. The lowest BCUT2D eigenvalue weighted by atomic mass is 10.4. The number of methoxy groups -OCH3 is 1. The first-order valence-electron chi connectivity index (χ1n) is 3.39. The van der Waals surface area contributed by atoms with Crippen LogP contribution in [-0.2, 0) is 4.74 Å². The molecule has 0 aliphatic carbocycles. The minimum absolute atomic E-state index is 0.302. The molecule has 0 fully saturated rings. The number of carbonyl (C=O) groups is 1. The normalized spacial score (nSPS) is 8.50. The fraction of sp³-hybridized carbons (Fsp3) is 0.222. The van der Waals surface area contributed by atoms with Crippen LogP contribution in [0.4, 0.5) is 0 Å². The van der Waals surface area contributed by atoms with Crippen molar-refractivity contribution >= 4 is 17.3 Å². The summed E-state index contributed by atoms with van der Waals surface area (Å²) in [5.41, 5.74) is 0. The van der Waals surface area contributed by atoms with Crippen LogP contribution >= 0.6 is 11.3 Å². The Morgan fingerprint density at radius 3 is 2.92 bits per heavy atom. The zero-order valence-electron chi connectivity index (χ0n) is 6.88. The Bertz CT molecular complexity index is 341. The summed E-state index contributed by atoms with van der Waals surface area (Å²) in [6.45, 7) is 1.76. The Hall–Kier alpha value is -1.27. The Morgan fingerprint density at radius 2 is 2.33 bits per heavy atom. The summed E-state index contributed by atoms with van der Waals surface area (Å²) < 4.78 is 4.55. The molecule has 0 radical (unpaired) electrons. The molecule has 0 atom stereocenters. The van der Waals surface area contributed by atoms with E-state index >= 15 is 0 Å². The second kappa shape index (κ2) is 3.93. The van der Waals surface area contributed by atoms with Crippen LogP contribution in [0, 0.1) is 11.8 Å². The number of rotatable bonds is 1. The standard InChI is InChI=1S/C9H8O2S/c1-3-4-7-5-6-8(12-7)9(10)11-2/h5-6H,1-2H3. The summed E-state index contributed by atoms with van der Waals surface area (Å²) in [5, 5.41) is 0. The van der Waals surface area contributed by atoms with Crippen molar-refractivity contribution in [2.75, 3.05) is 7.11 Å². The van der Waals surface area contributed by atoms with Crippen molar-refractivity contribution in [1.29, 1.82) is 0 Å². The number of thiophene rings is 1. The molecular formula is C9H8O2S. The van der Waals surface area contributed by atoms with Gasteiger partial charge in [0, 0.05) is 0 Å². The van der Waals surface area contributed by atoms with Crippen molar-refractivity contribution in [3.63, 3.8) is 0 Å². The van der Waals surface area contributed by atoms with E-state index in [2.05, 4.69) is 16.6 Å². The second-order valence-corrected chi connectivity index (χ2v) is 3.11. The first-order valence-corrected chi connectivity index (χ1v) is 4.20. The minimum atomic E-state index is -0.302. The molecule has 0 aliphatic rings. The van der Waals surface area contributed by atoms with Crippen LogP contribution in [-0.4, -0.2) is 13.1 Å².